The maximum atomic E-state index is 12.2. The highest BCUT2D eigenvalue weighted by atomic mass is 32.2. The van der Waals surface area contributed by atoms with Gasteiger partial charge in [0, 0.05) is 30.2 Å². The molecule has 2 heterocycles. The van der Waals surface area contributed by atoms with Crippen LogP contribution in [0.15, 0.2) is 39.7 Å². The molecule has 5 nitrogen and oxygen atoms in total. The number of aromatic nitrogens is 1. The van der Waals surface area contributed by atoms with E-state index in [4.69, 9.17) is 4.42 Å². The lowest BCUT2D eigenvalue weighted by molar-refractivity contribution is -0.131. The van der Waals surface area contributed by atoms with Gasteiger partial charge in [0.25, 0.3) is 0 Å². The van der Waals surface area contributed by atoms with Gasteiger partial charge in [-0.25, -0.2) is 4.79 Å². The summed E-state index contributed by atoms with van der Waals surface area (Å²) in [6.45, 7) is 3.54. The van der Waals surface area contributed by atoms with Gasteiger partial charge in [0.2, 0.25) is 5.91 Å². The first kappa shape index (κ1) is 15.0. The Morgan fingerprint density at radius 2 is 1.91 bits per heavy atom. The Balaban J connectivity index is 1.76. The molecular formula is C16H18N2O3S. The molecule has 1 aliphatic heterocycles. The number of carbonyl (C=O) groups excluding carboxylic acids is 1. The average molecular weight is 318 g/mol. The number of hydrogen-bond donors (Lipinski definition) is 0. The maximum Gasteiger partial charge on any atom is 0.419 e. The Labute approximate surface area is 132 Å². The minimum Gasteiger partial charge on any atom is -0.408 e. The van der Waals surface area contributed by atoms with E-state index in [1.165, 1.54) is 4.57 Å². The number of hydrogen-bond acceptors (Lipinski definition) is 4. The summed E-state index contributed by atoms with van der Waals surface area (Å²) in [5.74, 6) is 1.89. The van der Waals surface area contributed by atoms with Crippen molar-refractivity contribution in [3.63, 3.8) is 0 Å². The quantitative estimate of drug-likeness (QED) is 0.868. The van der Waals surface area contributed by atoms with Crippen LogP contribution in [0.3, 0.4) is 0 Å². The molecule has 0 saturated carbocycles. The summed E-state index contributed by atoms with van der Waals surface area (Å²) >= 11 is 1.85. The van der Waals surface area contributed by atoms with E-state index < -0.39 is 5.76 Å². The monoisotopic (exact) mass is 318 g/mol. The number of rotatable bonds is 3. The summed E-state index contributed by atoms with van der Waals surface area (Å²) < 4.78 is 6.61. The summed E-state index contributed by atoms with van der Waals surface area (Å²) in [7, 11) is 0. The normalized spacial score (nSPS) is 15.0. The molecule has 6 heteroatoms. The van der Waals surface area contributed by atoms with Gasteiger partial charge in [-0.15, -0.1) is 0 Å². The minimum absolute atomic E-state index is 0.0290. The number of benzene rings is 1. The van der Waals surface area contributed by atoms with Crippen LogP contribution in [0.1, 0.15) is 5.56 Å². The smallest absolute Gasteiger partial charge is 0.408 e. The number of thioether (sulfide) groups is 1. The first-order valence-electron chi connectivity index (χ1n) is 7.26. The van der Waals surface area contributed by atoms with Crippen LogP contribution in [0.4, 0.5) is 0 Å². The van der Waals surface area contributed by atoms with Crippen LogP contribution in [-0.2, 0) is 11.3 Å². The molecule has 22 heavy (non-hydrogen) atoms. The highest BCUT2D eigenvalue weighted by Crippen LogP contribution is 2.18. The highest BCUT2D eigenvalue weighted by molar-refractivity contribution is 7.99. The van der Waals surface area contributed by atoms with Crippen LogP contribution in [0, 0.1) is 6.92 Å². The molecule has 1 fully saturated rings. The van der Waals surface area contributed by atoms with E-state index in [2.05, 4.69) is 0 Å². The summed E-state index contributed by atoms with van der Waals surface area (Å²) in [5.41, 5.74) is 1.98. The Morgan fingerprint density at radius 1 is 1.23 bits per heavy atom. The number of oxazole rings is 1. The Morgan fingerprint density at radius 3 is 2.59 bits per heavy atom. The van der Waals surface area contributed by atoms with Gasteiger partial charge in [-0.2, -0.15) is 11.8 Å². The van der Waals surface area contributed by atoms with E-state index in [9.17, 15) is 9.59 Å². The van der Waals surface area contributed by atoms with Gasteiger partial charge < -0.3 is 9.32 Å². The van der Waals surface area contributed by atoms with Crippen LogP contribution in [-0.4, -0.2) is 40.0 Å². The van der Waals surface area contributed by atoms with Crippen molar-refractivity contribution in [2.24, 2.45) is 0 Å². The topological polar surface area (TPSA) is 55.5 Å². The van der Waals surface area contributed by atoms with Gasteiger partial charge in [-0.05, 0) is 6.92 Å². The van der Waals surface area contributed by atoms with Crippen LogP contribution in [0.25, 0.3) is 11.3 Å². The van der Waals surface area contributed by atoms with Gasteiger partial charge in [0.1, 0.15) is 6.54 Å². The molecule has 1 amide bonds. The molecule has 1 aliphatic rings. The first-order valence-corrected chi connectivity index (χ1v) is 8.42. The van der Waals surface area contributed by atoms with E-state index in [1.54, 1.807) is 6.20 Å². The van der Waals surface area contributed by atoms with Crippen molar-refractivity contribution in [1.82, 2.24) is 9.47 Å². The molecule has 1 aromatic heterocycles. The molecule has 0 unspecified atom stereocenters. The van der Waals surface area contributed by atoms with E-state index in [0.29, 0.717) is 5.76 Å². The van der Waals surface area contributed by atoms with Crippen LogP contribution in [0.2, 0.25) is 0 Å². The lowest BCUT2D eigenvalue weighted by Gasteiger charge is -2.26. The summed E-state index contributed by atoms with van der Waals surface area (Å²) in [4.78, 5) is 26.0. The molecule has 2 aromatic rings. The van der Waals surface area contributed by atoms with Gasteiger partial charge in [0.15, 0.2) is 5.76 Å². The lowest BCUT2D eigenvalue weighted by Crippen LogP contribution is -2.40. The SMILES string of the molecule is Cc1ccc(-c2cn(CC(=O)N3CCSCC3)c(=O)o2)cc1. The van der Waals surface area contributed by atoms with Crippen molar-refractivity contribution in [1.29, 1.82) is 0 Å². The fourth-order valence-electron chi connectivity index (χ4n) is 2.39. The number of amides is 1. The van der Waals surface area contributed by atoms with E-state index >= 15 is 0 Å². The summed E-state index contributed by atoms with van der Waals surface area (Å²) in [5, 5.41) is 0. The second-order valence-electron chi connectivity index (χ2n) is 5.35. The molecular weight excluding hydrogens is 300 g/mol. The largest absolute Gasteiger partial charge is 0.419 e. The van der Waals surface area contributed by atoms with Crippen LogP contribution < -0.4 is 5.76 Å². The molecule has 0 aliphatic carbocycles. The van der Waals surface area contributed by atoms with E-state index in [-0.39, 0.29) is 12.5 Å². The predicted octanol–water partition coefficient (Wildman–Crippen LogP) is 1.99. The molecule has 3 rings (SSSR count). The first-order chi connectivity index (χ1) is 10.6. The van der Waals surface area contributed by atoms with Crippen LogP contribution >= 0.6 is 11.8 Å². The highest BCUT2D eigenvalue weighted by Gasteiger charge is 2.18. The third-order valence-electron chi connectivity index (χ3n) is 3.71. The number of carbonyl (C=O) groups is 1. The Kier molecular flexibility index (Phi) is 4.38. The Hall–Kier alpha value is -1.95. The fourth-order valence-corrected chi connectivity index (χ4v) is 3.30. The molecule has 1 aromatic carbocycles. The molecule has 0 radical (unpaired) electrons. The molecule has 0 N–H and O–H groups in total. The van der Waals surface area contributed by atoms with E-state index in [1.807, 2.05) is 47.9 Å². The zero-order valence-corrected chi connectivity index (χ0v) is 13.3. The predicted molar refractivity (Wildman–Crippen MR) is 87.0 cm³/mol. The van der Waals surface area contributed by atoms with Crippen molar-refractivity contribution in [2.75, 3.05) is 24.6 Å². The van der Waals surface area contributed by atoms with Crippen molar-refractivity contribution in [3.8, 4) is 11.3 Å². The molecule has 0 bridgehead atoms. The lowest BCUT2D eigenvalue weighted by atomic mass is 10.1. The third kappa shape index (κ3) is 3.27. The molecule has 0 atom stereocenters. The van der Waals surface area contributed by atoms with Gasteiger partial charge in [-0.1, -0.05) is 29.8 Å². The van der Waals surface area contributed by atoms with Gasteiger partial charge >= 0.3 is 5.76 Å². The van der Waals surface area contributed by atoms with Crippen molar-refractivity contribution >= 4 is 17.7 Å². The van der Waals surface area contributed by atoms with Crippen molar-refractivity contribution < 1.29 is 9.21 Å². The van der Waals surface area contributed by atoms with Crippen molar-refractivity contribution in [2.45, 2.75) is 13.5 Å². The molecule has 0 spiro atoms. The number of nitrogens with zero attached hydrogens (tertiary/aromatic N) is 2. The zero-order chi connectivity index (χ0) is 15.5. The second-order valence-corrected chi connectivity index (χ2v) is 6.57. The second kappa shape index (κ2) is 6.44. The summed E-state index contributed by atoms with van der Waals surface area (Å²) in [6.07, 6.45) is 1.61. The van der Waals surface area contributed by atoms with E-state index in [0.717, 1.165) is 35.7 Å². The zero-order valence-electron chi connectivity index (χ0n) is 12.4. The molecule has 1 saturated heterocycles. The molecule has 116 valence electrons. The van der Waals surface area contributed by atoms with Gasteiger partial charge in [-0.3, -0.25) is 9.36 Å². The maximum absolute atomic E-state index is 12.2. The third-order valence-corrected chi connectivity index (χ3v) is 4.65. The fraction of sp³-hybridized carbons (Fsp3) is 0.375. The van der Waals surface area contributed by atoms with Crippen LogP contribution in [0.5, 0.6) is 0 Å². The average Bonchev–Trinajstić information content (AvgIpc) is 2.90. The summed E-state index contributed by atoms with van der Waals surface area (Å²) in [6, 6.07) is 7.73. The minimum atomic E-state index is -0.490. The standard InChI is InChI=1S/C16H18N2O3S/c1-12-2-4-13(5-3-12)14-10-18(16(20)21-14)11-15(19)17-6-8-22-9-7-17/h2-5,10H,6-9,11H2,1H3. The van der Waals surface area contributed by atoms with Gasteiger partial charge in [0.05, 0.1) is 6.20 Å². The Bertz CT molecular complexity index is 712. The number of aryl methyl sites for hydroxylation is 1. The van der Waals surface area contributed by atoms with Crippen molar-refractivity contribution in [3.05, 3.63) is 46.6 Å².